The van der Waals surface area contributed by atoms with Crippen molar-refractivity contribution in [1.29, 1.82) is 0 Å². The van der Waals surface area contributed by atoms with Crippen LogP contribution >= 0.6 is 0 Å². The van der Waals surface area contributed by atoms with E-state index in [0.717, 1.165) is 11.6 Å². The normalized spacial score (nSPS) is 12.6. The monoisotopic (exact) mass is 222 g/mol. The Balaban J connectivity index is 2.33. The Morgan fingerprint density at radius 1 is 1.38 bits per heavy atom. The molecule has 0 amide bonds. The molecule has 86 valence electrons. The molecule has 0 fully saturated rings. The van der Waals surface area contributed by atoms with Crippen molar-refractivity contribution in [3.8, 4) is 0 Å². The third-order valence-electron chi connectivity index (χ3n) is 1.87. The highest BCUT2D eigenvalue weighted by molar-refractivity contribution is 5.81. The van der Waals surface area contributed by atoms with Crippen molar-refractivity contribution in [2.45, 2.75) is 12.7 Å². The summed E-state index contributed by atoms with van der Waals surface area (Å²) in [6, 6.07) is 9.28. The highest BCUT2D eigenvalue weighted by atomic mass is 16.5. The highest BCUT2D eigenvalue weighted by Gasteiger charge is 2.00. The number of aliphatic hydroxyl groups is 2. The minimum atomic E-state index is -1.02. The number of hydrogen-bond acceptors (Lipinski definition) is 4. The summed E-state index contributed by atoms with van der Waals surface area (Å²) in [7, 11) is 0. The van der Waals surface area contributed by atoms with E-state index in [0.29, 0.717) is 0 Å². The van der Waals surface area contributed by atoms with Crippen LogP contribution < -0.4 is 0 Å². The van der Waals surface area contributed by atoms with Gasteiger partial charge in [0.05, 0.1) is 12.7 Å². The lowest BCUT2D eigenvalue weighted by Crippen LogP contribution is -2.09. The first-order valence-electron chi connectivity index (χ1n) is 4.90. The van der Waals surface area contributed by atoms with Crippen molar-refractivity contribution < 1.29 is 19.7 Å². The van der Waals surface area contributed by atoms with E-state index in [1.54, 1.807) is 0 Å². The van der Waals surface area contributed by atoms with Gasteiger partial charge < -0.3 is 14.9 Å². The number of carbonyl (C=O) groups is 1. The Labute approximate surface area is 93.8 Å². The number of benzene rings is 1. The summed E-state index contributed by atoms with van der Waals surface area (Å²) >= 11 is 0. The van der Waals surface area contributed by atoms with Crippen molar-refractivity contribution >= 4 is 5.97 Å². The van der Waals surface area contributed by atoms with Crippen LogP contribution in [-0.4, -0.2) is 28.9 Å². The molecule has 4 heteroatoms. The molecular formula is C12H14O4. The lowest BCUT2D eigenvalue weighted by Gasteiger charge is -2.02. The molecular weight excluding hydrogens is 208 g/mol. The second-order valence-corrected chi connectivity index (χ2v) is 3.20. The fraction of sp³-hybridized carbons (Fsp3) is 0.250. The minimum Gasteiger partial charge on any atom is -0.458 e. The van der Waals surface area contributed by atoms with Gasteiger partial charge in [-0.15, -0.1) is 0 Å². The quantitative estimate of drug-likeness (QED) is 0.566. The predicted molar refractivity (Wildman–Crippen MR) is 58.5 cm³/mol. The lowest BCUT2D eigenvalue weighted by molar-refractivity contribution is -0.139. The number of aliphatic hydroxyl groups excluding tert-OH is 2. The van der Waals surface area contributed by atoms with Crippen molar-refractivity contribution in [3.05, 3.63) is 48.0 Å². The maximum atomic E-state index is 11.1. The Morgan fingerprint density at radius 3 is 2.69 bits per heavy atom. The molecule has 1 aromatic rings. The first kappa shape index (κ1) is 12.4. The summed E-state index contributed by atoms with van der Waals surface area (Å²) in [5.74, 6) is -0.545. The van der Waals surface area contributed by atoms with Gasteiger partial charge in [-0.25, -0.2) is 4.79 Å². The number of esters is 1. The van der Waals surface area contributed by atoms with Crippen LogP contribution in [-0.2, 0) is 16.1 Å². The second kappa shape index (κ2) is 6.76. The van der Waals surface area contributed by atoms with E-state index in [2.05, 4.69) is 0 Å². The zero-order chi connectivity index (χ0) is 11.8. The first-order valence-corrected chi connectivity index (χ1v) is 4.90. The van der Waals surface area contributed by atoms with Gasteiger partial charge in [0.1, 0.15) is 6.61 Å². The van der Waals surface area contributed by atoms with Gasteiger partial charge in [0.15, 0.2) is 0 Å². The van der Waals surface area contributed by atoms with Gasteiger partial charge in [0.25, 0.3) is 0 Å². The molecule has 0 heterocycles. The Morgan fingerprint density at radius 2 is 2.06 bits per heavy atom. The van der Waals surface area contributed by atoms with Crippen molar-refractivity contribution in [2.24, 2.45) is 0 Å². The molecule has 0 radical (unpaired) electrons. The molecule has 0 aliphatic heterocycles. The molecule has 0 saturated carbocycles. The van der Waals surface area contributed by atoms with E-state index >= 15 is 0 Å². The number of ether oxygens (including phenoxy) is 1. The summed E-state index contributed by atoms with van der Waals surface area (Å²) < 4.78 is 4.90. The van der Waals surface area contributed by atoms with E-state index < -0.39 is 18.7 Å². The smallest absolute Gasteiger partial charge is 0.330 e. The molecule has 0 bridgehead atoms. The van der Waals surface area contributed by atoms with Gasteiger partial charge in [0.2, 0.25) is 0 Å². The fourth-order valence-corrected chi connectivity index (χ4v) is 1.03. The lowest BCUT2D eigenvalue weighted by atomic mass is 10.2. The van der Waals surface area contributed by atoms with Crippen molar-refractivity contribution in [2.75, 3.05) is 6.61 Å². The number of carbonyl (C=O) groups excluding carboxylic acids is 1. The Hall–Kier alpha value is -1.65. The van der Waals surface area contributed by atoms with Crippen molar-refractivity contribution in [1.82, 2.24) is 0 Å². The number of hydrogen-bond donors (Lipinski definition) is 2. The Kier molecular flexibility index (Phi) is 5.25. The molecule has 1 unspecified atom stereocenters. The minimum absolute atomic E-state index is 0.194. The van der Waals surface area contributed by atoms with Crippen LogP contribution in [0.3, 0.4) is 0 Å². The van der Waals surface area contributed by atoms with E-state index in [-0.39, 0.29) is 6.61 Å². The molecule has 1 rings (SSSR count). The first-order chi connectivity index (χ1) is 7.72. The molecule has 0 aromatic heterocycles. The molecule has 16 heavy (non-hydrogen) atoms. The second-order valence-electron chi connectivity index (χ2n) is 3.20. The topological polar surface area (TPSA) is 66.8 Å². The van der Waals surface area contributed by atoms with E-state index in [1.807, 2.05) is 30.3 Å². The van der Waals surface area contributed by atoms with Crippen LogP contribution in [0, 0.1) is 0 Å². The molecule has 1 atom stereocenters. The summed E-state index contributed by atoms with van der Waals surface area (Å²) in [4.78, 5) is 11.1. The van der Waals surface area contributed by atoms with Gasteiger partial charge in [-0.2, -0.15) is 0 Å². The molecule has 2 N–H and O–H groups in total. The summed E-state index contributed by atoms with van der Waals surface area (Å²) in [6.07, 6.45) is 1.27. The van der Waals surface area contributed by atoms with E-state index in [1.165, 1.54) is 6.08 Å². The van der Waals surface area contributed by atoms with Crippen LogP contribution in [0.15, 0.2) is 42.5 Å². The maximum Gasteiger partial charge on any atom is 0.330 e. The molecule has 0 aliphatic carbocycles. The van der Waals surface area contributed by atoms with Crippen LogP contribution in [0.2, 0.25) is 0 Å². The van der Waals surface area contributed by atoms with Crippen LogP contribution in [0.4, 0.5) is 0 Å². The third-order valence-corrected chi connectivity index (χ3v) is 1.87. The maximum absolute atomic E-state index is 11.1. The average molecular weight is 222 g/mol. The number of rotatable bonds is 5. The SMILES string of the molecule is O=C(C=CC(O)CO)OCc1ccccc1. The average Bonchev–Trinajstić information content (AvgIpc) is 2.34. The van der Waals surface area contributed by atoms with Gasteiger partial charge >= 0.3 is 5.97 Å². The molecule has 4 nitrogen and oxygen atoms in total. The largest absolute Gasteiger partial charge is 0.458 e. The van der Waals surface area contributed by atoms with Crippen LogP contribution in [0.1, 0.15) is 5.56 Å². The zero-order valence-electron chi connectivity index (χ0n) is 8.74. The Bertz CT molecular complexity index is 345. The molecule has 1 aromatic carbocycles. The summed E-state index contributed by atoms with van der Waals surface area (Å²) in [6.45, 7) is -0.221. The van der Waals surface area contributed by atoms with Gasteiger partial charge in [-0.05, 0) is 11.6 Å². The van der Waals surface area contributed by atoms with Gasteiger partial charge in [-0.1, -0.05) is 30.3 Å². The third kappa shape index (κ3) is 4.72. The molecule has 0 aliphatic rings. The zero-order valence-corrected chi connectivity index (χ0v) is 8.74. The highest BCUT2D eigenvalue weighted by Crippen LogP contribution is 2.00. The summed E-state index contributed by atoms with van der Waals surface area (Å²) in [5.41, 5.74) is 0.895. The van der Waals surface area contributed by atoms with Crippen LogP contribution in [0.5, 0.6) is 0 Å². The van der Waals surface area contributed by atoms with E-state index in [9.17, 15) is 4.79 Å². The molecule has 0 spiro atoms. The van der Waals surface area contributed by atoms with Gasteiger partial charge in [0, 0.05) is 6.08 Å². The fourth-order valence-electron chi connectivity index (χ4n) is 1.03. The predicted octanol–water partition coefficient (Wildman–Crippen LogP) is 0.639. The summed E-state index contributed by atoms with van der Waals surface area (Å²) in [5, 5.41) is 17.4. The molecule has 0 saturated heterocycles. The van der Waals surface area contributed by atoms with Gasteiger partial charge in [-0.3, -0.25) is 0 Å². The van der Waals surface area contributed by atoms with E-state index in [4.69, 9.17) is 14.9 Å². The van der Waals surface area contributed by atoms with Crippen LogP contribution in [0.25, 0.3) is 0 Å². The standard InChI is InChI=1S/C12H14O4/c13-8-11(14)6-7-12(15)16-9-10-4-2-1-3-5-10/h1-7,11,13-14H,8-9H2. The van der Waals surface area contributed by atoms with Crippen molar-refractivity contribution in [3.63, 3.8) is 0 Å².